The summed E-state index contributed by atoms with van der Waals surface area (Å²) in [5.74, 6) is 0. The van der Waals surface area contributed by atoms with E-state index in [9.17, 15) is 0 Å². The quantitative estimate of drug-likeness (QED) is 0.452. The van der Waals surface area contributed by atoms with Gasteiger partial charge in [-0.3, -0.25) is 0 Å². The van der Waals surface area contributed by atoms with Crippen LogP contribution in [0.1, 0.15) is 13.3 Å². The second kappa shape index (κ2) is 5.70. The van der Waals surface area contributed by atoms with E-state index >= 15 is 0 Å². The highest BCUT2D eigenvalue weighted by atomic mass is 32.1. The van der Waals surface area contributed by atoms with E-state index in [2.05, 4.69) is 32.2 Å². The van der Waals surface area contributed by atoms with Crippen molar-refractivity contribution in [2.75, 3.05) is 0 Å². The first kappa shape index (κ1) is 8.57. The molecule has 0 aromatic carbocycles. The Morgan fingerprint density at radius 3 is 2.78 bits per heavy atom. The highest BCUT2D eigenvalue weighted by Crippen LogP contribution is 2.01. The summed E-state index contributed by atoms with van der Waals surface area (Å²) in [5.41, 5.74) is 0. The van der Waals surface area contributed by atoms with Crippen LogP contribution >= 0.6 is 12.6 Å². The lowest BCUT2D eigenvalue weighted by Gasteiger charge is -1.83. The van der Waals surface area contributed by atoms with Gasteiger partial charge in [0.25, 0.3) is 0 Å². The molecule has 50 valence electrons. The fraction of sp³-hybridized carbons (Fsp3) is 0.250. The first-order valence-corrected chi connectivity index (χ1v) is 3.44. The predicted molar refractivity (Wildman–Crippen MR) is 46.7 cm³/mol. The zero-order valence-electron chi connectivity index (χ0n) is 5.67. The molecule has 0 aliphatic carbocycles. The molecule has 0 unspecified atom stereocenters. The number of hydrogen-bond acceptors (Lipinski definition) is 1. The van der Waals surface area contributed by atoms with E-state index in [0.29, 0.717) is 0 Å². The van der Waals surface area contributed by atoms with Gasteiger partial charge in [0.15, 0.2) is 0 Å². The topological polar surface area (TPSA) is 0 Å². The van der Waals surface area contributed by atoms with E-state index in [1.165, 1.54) is 0 Å². The molecule has 0 aromatic rings. The van der Waals surface area contributed by atoms with Gasteiger partial charge < -0.3 is 0 Å². The van der Waals surface area contributed by atoms with Gasteiger partial charge in [0.1, 0.15) is 0 Å². The molecule has 0 aliphatic rings. The molecule has 0 rings (SSSR count). The molecule has 0 bridgehead atoms. The van der Waals surface area contributed by atoms with E-state index in [4.69, 9.17) is 0 Å². The van der Waals surface area contributed by atoms with Gasteiger partial charge in [0.05, 0.1) is 0 Å². The van der Waals surface area contributed by atoms with Gasteiger partial charge in [-0.15, -0.1) is 12.6 Å². The Bertz CT molecular complexity index is 132. The minimum absolute atomic E-state index is 0.951. The number of thiol groups is 1. The number of allylic oxidation sites excluding steroid dienone is 4. The van der Waals surface area contributed by atoms with Crippen molar-refractivity contribution >= 4 is 12.6 Å². The van der Waals surface area contributed by atoms with Crippen LogP contribution in [0, 0.1) is 0 Å². The van der Waals surface area contributed by atoms with E-state index in [1.54, 1.807) is 6.08 Å². The Morgan fingerprint density at radius 2 is 2.33 bits per heavy atom. The molecule has 0 amide bonds. The highest BCUT2D eigenvalue weighted by molar-refractivity contribution is 7.84. The van der Waals surface area contributed by atoms with Gasteiger partial charge >= 0.3 is 0 Å². The molecule has 0 saturated heterocycles. The lowest BCUT2D eigenvalue weighted by atomic mass is 10.4. The summed E-state index contributed by atoms with van der Waals surface area (Å²) in [6.07, 6.45) is 8.65. The van der Waals surface area contributed by atoms with Crippen LogP contribution in [-0.4, -0.2) is 0 Å². The summed E-state index contributed by atoms with van der Waals surface area (Å²) in [4.78, 5) is 0.951. The lowest BCUT2D eigenvalue weighted by molar-refractivity contribution is 1.22. The molecule has 9 heavy (non-hydrogen) atoms. The van der Waals surface area contributed by atoms with Crippen molar-refractivity contribution < 1.29 is 0 Å². The second-order valence-electron chi connectivity index (χ2n) is 1.64. The summed E-state index contributed by atoms with van der Waals surface area (Å²) >= 11 is 4.15. The Labute approximate surface area is 62.4 Å². The van der Waals surface area contributed by atoms with Crippen LogP contribution in [0.2, 0.25) is 0 Å². The third-order valence-electron chi connectivity index (χ3n) is 0.813. The van der Waals surface area contributed by atoms with Gasteiger partial charge in [-0.2, -0.15) is 0 Å². The molecule has 0 aromatic heterocycles. The Kier molecular flexibility index (Phi) is 5.43. The van der Waals surface area contributed by atoms with E-state index in [-0.39, 0.29) is 0 Å². The van der Waals surface area contributed by atoms with Gasteiger partial charge in [0, 0.05) is 4.91 Å². The molecule has 0 atom stereocenters. The fourth-order valence-electron chi connectivity index (χ4n) is 0.415. The summed E-state index contributed by atoms with van der Waals surface area (Å²) in [7, 11) is 0. The van der Waals surface area contributed by atoms with Crippen LogP contribution in [-0.2, 0) is 0 Å². The summed E-state index contributed by atoms with van der Waals surface area (Å²) in [6, 6.07) is 0. The molecule has 1 heteroatoms. The lowest BCUT2D eigenvalue weighted by Crippen LogP contribution is -1.60. The average Bonchev–Trinajstić information content (AvgIpc) is 1.85. The van der Waals surface area contributed by atoms with Crippen LogP contribution < -0.4 is 0 Å². The molecule has 0 N–H and O–H groups in total. The van der Waals surface area contributed by atoms with Gasteiger partial charge in [-0.1, -0.05) is 31.7 Å². The third kappa shape index (κ3) is 5.44. The molecular formula is C8H12S. The molecule has 0 fully saturated rings. The maximum absolute atomic E-state index is 4.15. The SMILES string of the molecule is C=C/C=C(S)/C=C/CC. The third-order valence-corrected chi connectivity index (χ3v) is 1.11. The molecule has 0 nitrogen and oxygen atoms in total. The maximum Gasteiger partial charge on any atom is 0.00365 e. The first-order valence-electron chi connectivity index (χ1n) is 2.99. The Morgan fingerprint density at radius 1 is 1.67 bits per heavy atom. The molecule has 0 spiro atoms. The smallest absolute Gasteiger partial charge is 0.00365 e. The van der Waals surface area contributed by atoms with E-state index in [0.717, 1.165) is 11.3 Å². The maximum atomic E-state index is 4.15. The molecular weight excluding hydrogens is 128 g/mol. The van der Waals surface area contributed by atoms with Crippen molar-refractivity contribution in [1.29, 1.82) is 0 Å². The first-order chi connectivity index (χ1) is 4.31. The zero-order chi connectivity index (χ0) is 7.11. The van der Waals surface area contributed by atoms with E-state index in [1.807, 2.05) is 12.2 Å². The van der Waals surface area contributed by atoms with Crippen LogP contribution in [0.25, 0.3) is 0 Å². The Hall–Kier alpha value is -0.430. The largest absolute Gasteiger partial charge is 0.143 e. The predicted octanol–water partition coefficient (Wildman–Crippen LogP) is 2.95. The summed E-state index contributed by atoms with van der Waals surface area (Å²) in [6.45, 7) is 5.64. The van der Waals surface area contributed by atoms with Crippen molar-refractivity contribution in [3.63, 3.8) is 0 Å². The van der Waals surface area contributed by atoms with Crippen LogP contribution in [0.4, 0.5) is 0 Å². The summed E-state index contributed by atoms with van der Waals surface area (Å²) < 4.78 is 0. The van der Waals surface area contributed by atoms with Crippen LogP contribution in [0.5, 0.6) is 0 Å². The minimum atomic E-state index is 0.951. The average molecular weight is 140 g/mol. The van der Waals surface area contributed by atoms with Crippen molar-refractivity contribution in [2.24, 2.45) is 0 Å². The standard InChI is InChI=1S/C8H12S/c1-3-5-7-8(9)6-4-2/h4-7,9H,2-3H2,1H3/b7-5+,8-6-. The molecule has 0 aliphatic heterocycles. The summed E-state index contributed by atoms with van der Waals surface area (Å²) in [5, 5.41) is 0. The molecule has 0 saturated carbocycles. The normalized spacial score (nSPS) is 12.4. The number of hydrogen-bond donors (Lipinski definition) is 1. The minimum Gasteiger partial charge on any atom is -0.143 e. The molecule has 0 radical (unpaired) electrons. The molecule has 0 heterocycles. The van der Waals surface area contributed by atoms with Crippen molar-refractivity contribution in [3.05, 3.63) is 35.8 Å². The van der Waals surface area contributed by atoms with Crippen LogP contribution in [0.15, 0.2) is 35.8 Å². The van der Waals surface area contributed by atoms with Crippen molar-refractivity contribution in [2.45, 2.75) is 13.3 Å². The highest BCUT2D eigenvalue weighted by Gasteiger charge is 1.75. The van der Waals surface area contributed by atoms with Crippen molar-refractivity contribution in [3.8, 4) is 0 Å². The monoisotopic (exact) mass is 140 g/mol. The van der Waals surface area contributed by atoms with Gasteiger partial charge in [-0.25, -0.2) is 0 Å². The van der Waals surface area contributed by atoms with Gasteiger partial charge in [-0.05, 0) is 12.5 Å². The van der Waals surface area contributed by atoms with E-state index < -0.39 is 0 Å². The second-order valence-corrected chi connectivity index (χ2v) is 2.15. The Balaban J connectivity index is 3.74. The fourth-order valence-corrected chi connectivity index (χ4v) is 0.626. The van der Waals surface area contributed by atoms with Gasteiger partial charge in [0.2, 0.25) is 0 Å². The number of rotatable bonds is 3. The zero-order valence-corrected chi connectivity index (χ0v) is 6.57. The van der Waals surface area contributed by atoms with Crippen molar-refractivity contribution in [1.82, 2.24) is 0 Å². The van der Waals surface area contributed by atoms with Crippen LogP contribution in [0.3, 0.4) is 0 Å².